The van der Waals surface area contributed by atoms with Gasteiger partial charge in [-0.3, -0.25) is 9.59 Å². The minimum Gasteiger partial charge on any atom is -0.347 e. The van der Waals surface area contributed by atoms with E-state index in [9.17, 15) is 9.59 Å². The van der Waals surface area contributed by atoms with Crippen molar-refractivity contribution in [3.05, 3.63) is 51.2 Å². The number of nitrogens with one attached hydrogen (secondary N) is 2. The number of anilines is 1. The molecule has 24 heavy (non-hydrogen) atoms. The zero-order chi connectivity index (χ0) is 16.9. The van der Waals surface area contributed by atoms with Gasteiger partial charge in [0, 0.05) is 18.2 Å². The van der Waals surface area contributed by atoms with Gasteiger partial charge in [-0.15, -0.1) is 11.3 Å². The van der Waals surface area contributed by atoms with Crippen molar-refractivity contribution >= 4 is 40.4 Å². The van der Waals surface area contributed by atoms with Crippen molar-refractivity contribution in [2.24, 2.45) is 5.92 Å². The molecule has 2 aromatic rings. The van der Waals surface area contributed by atoms with E-state index in [-0.39, 0.29) is 17.7 Å². The summed E-state index contributed by atoms with van der Waals surface area (Å²) in [5.41, 5.74) is 1.72. The zero-order valence-corrected chi connectivity index (χ0v) is 14.8. The Morgan fingerprint density at radius 3 is 2.67 bits per heavy atom. The molecular weight excluding hydrogens is 344 g/mol. The van der Waals surface area contributed by atoms with Crippen molar-refractivity contribution in [2.45, 2.75) is 32.2 Å². The first-order valence-electron chi connectivity index (χ1n) is 8.05. The van der Waals surface area contributed by atoms with Crippen molar-refractivity contribution < 1.29 is 9.59 Å². The summed E-state index contributed by atoms with van der Waals surface area (Å²) in [7, 11) is 0. The Balaban J connectivity index is 1.56. The van der Waals surface area contributed by atoms with Crippen LogP contribution in [0.4, 0.5) is 5.69 Å². The molecule has 1 heterocycles. The number of carbonyl (C=O) groups excluding carboxylic acids is 2. The summed E-state index contributed by atoms with van der Waals surface area (Å²) in [5.74, 6) is 0.0890. The summed E-state index contributed by atoms with van der Waals surface area (Å²) in [4.78, 5) is 24.8. The first kappa shape index (κ1) is 17.0. The van der Waals surface area contributed by atoms with Gasteiger partial charge in [0.2, 0.25) is 5.91 Å². The first-order chi connectivity index (χ1) is 11.6. The van der Waals surface area contributed by atoms with E-state index in [0.29, 0.717) is 15.8 Å². The van der Waals surface area contributed by atoms with Gasteiger partial charge in [0.25, 0.3) is 5.91 Å². The summed E-state index contributed by atoms with van der Waals surface area (Å²) >= 11 is 7.10. The molecule has 1 aliphatic carbocycles. The van der Waals surface area contributed by atoms with E-state index in [0.717, 1.165) is 36.9 Å². The SMILES string of the molecule is O=C(NCc1cccc(NC(=O)C2CCCC2)c1)c1ccc(Cl)s1. The average molecular weight is 363 g/mol. The zero-order valence-electron chi connectivity index (χ0n) is 13.2. The van der Waals surface area contributed by atoms with Crippen LogP contribution in [0.3, 0.4) is 0 Å². The molecule has 1 aliphatic rings. The van der Waals surface area contributed by atoms with Crippen LogP contribution in [0.1, 0.15) is 40.9 Å². The van der Waals surface area contributed by atoms with Crippen molar-refractivity contribution in [2.75, 3.05) is 5.32 Å². The largest absolute Gasteiger partial charge is 0.347 e. The molecule has 0 aliphatic heterocycles. The van der Waals surface area contributed by atoms with Gasteiger partial charge in [0.15, 0.2) is 0 Å². The van der Waals surface area contributed by atoms with E-state index < -0.39 is 0 Å². The number of thiophene rings is 1. The molecule has 0 spiro atoms. The fourth-order valence-electron chi connectivity index (χ4n) is 2.90. The van der Waals surface area contributed by atoms with Gasteiger partial charge >= 0.3 is 0 Å². The highest BCUT2D eigenvalue weighted by Crippen LogP contribution is 2.26. The molecule has 2 N–H and O–H groups in total. The van der Waals surface area contributed by atoms with Crippen molar-refractivity contribution in [1.82, 2.24) is 5.32 Å². The Labute approximate surface area is 150 Å². The molecule has 0 unspecified atom stereocenters. The van der Waals surface area contributed by atoms with E-state index in [1.54, 1.807) is 12.1 Å². The Hall–Kier alpha value is -1.85. The average Bonchev–Trinajstić information content (AvgIpc) is 3.24. The van der Waals surface area contributed by atoms with Gasteiger partial charge in [-0.05, 0) is 42.7 Å². The lowest BCUT2D eigenvalue weighted by atomic mass is 10.1. The summed E-state index contributed by atoms with van der Waals surface area (Å²) in [6, 6.07) is 11.0. The maximum absolute atomic E-state index is 12.2. The molecule has 4 nitrogen and oxygen atoms in total. The molecule has 6 heteroatoms. The van der Waals surface area contributed by atoms with Gasteiger partial charge < -0.3 is 10.6 Å². The molecule has 0 saturated heterocycles. The van der Waals surface area contributed by atoms with Crippen LogP contribution in [0, 0.1) is 5.92 Å². The summed E-state index contributed by atoms with van der Waals surface area (Å²) in [6.45, 7) is 0.404. The van der Waals surface area contributed by atoms with Crippen LogP contribution < -0.4 is 10.6 Å². The number of rotatable bonds is 5. The highest BCUT2D eigenvalue weighted by molar-refractivity contribution is 7.17. The minimum atomic E-state index is -0.146. The van der Waals surface area contributed by atoms with Crippen LogP contribution >= 0.6 is 22.9 Å². The predicted octanol–water partition coefficient (Wildman–Crippen LogP) is 4.46. The summed E-state index contributed by atoms with van der Waals surface area (Å²) in [5, 5.41) is 5.84. The Morgan fingerprint density at radius 1 is 1.17 bits per heavy atom. The topological polar surface area (TPSA) is 58.2 Å². The van der Waals surface area contributed by atoms with Crippen LogP contribution in [0.2, 0.25) is 4.34 Å². The minimum absolute atomic E-state index is 0.0990. The maximum atomic E-state index is 12.2. The standard InChI is InChI=1S/C18H19ClN2O2S/c19-16-9-8-15(24-16)18(23)20-11-12-4-3-7-14(10-12)21-17(22)13-5-1-2-6-13/h3-4,7-10,13H,1-2,5-6,11H2,(H,20,23)(H,21,22). The number of halogens is 1. The Kier molecular flexibility index (Phi) is 5.53. The molecule has 1 aromatic carbocycles. The van der Waals surface area contributed by atoms with Crippen LogP contribution in [0.5, 0.6) is 0 Å². The van der Waals surface area contributed by atoms with Crippen molar-refractivity contribution in [3.63, 3.8) is 0 Å². The molecule has 0 bridgehead atoms. The second-order valence-electron chi connectivity index (χ2n) is 5.96. The molecule has 0 radical (unpaired) electrons. The molecule has 0 atom stereocenters. The van der Waals surface area contributed by atoms with Crippen LogP contribution in [0.15, 0.2) is 36.4 Å². The monoisotopic (exact) mass is 362 g/mol. The highest BCUT2D eigenvalue weighted by atomic mass is 35.5. The van der Waals surface area contributed by atoms with Crippen LogP contribution in [0.25, 0.3) is 0 Å². The van der Waals surface area contributed by atoms with E-state index in [1.165, 1.54) is 11.3 Å². The predicted molar refractivity (Wildman–Crippen MR) is 97.5 cm³/mol. The second-order valence-corrected chi connectivity index (χ2v) is 7.67. The highest BCUT2D eigenvalue weighted by Gasteiger charge is 2.22. The van der Waals surface area contributed by atoms with Crippen molar-refractivity contribution in [3.8, 4) is 0 Å². The number of hydrogen-bond acceptors (Lipinski definition) is 3. The third kappa shape index (κ3) is 4.36. The number of carbonyl (C=O) groups is 2. The quantitative estimate of drug-likeness (QED) is 0.824. The molecule has 1 aromatic heterocycles. The van der Waals surface area contributed by atoms with E-state index in [1.807, 2.05) is 24.3 Å². The van der Waals surface area contributed by atoms with Crippen molar-refractivity contribution in [1.29, 1.82) is 0 Å². The normalized spacial score (nSPS) is 14.5. The van der Waals surface area contributed by atoms with Gasteiger partial charge in [-0.1, -0.05) is 36.6 Å². The summed E-state index contributed by atoms with van der Waals surface area (Å²) in [6.07, 6.45) is 4.23. The molecule has 1 fully saturated rings. The number of hydrogen-bond donors (Lipinski definition) is 2. The van der Waals surface area contributed by atoms with E-state index >= 15 is 0 Å². The lowest BCUT2D eigenvalue weighted by molar-refractivity contribution is -0.119. The maximum Gasteiger partial charge on any atom is 0.261 e. The third-order valence-electron chi connectivity index (χ3n) is 4.17. The first-order valence-corrected chi connectivity index (χ1v) is 9.24. The molecule has 3 rings (SSSR count). The lowest BCUT2D eigenvalue weighted by Gasteiger charge is -2.11. The fraction of sp³-hybridized carbons (Fsp3) is 0.333. The fourth-order valence-corrected chi connectivity index (χ4v) is 3.86. The smallest absolute Gasteiger partial charge is 0.261 e. The van der Waals surface area contributed by atoms with Gasteiger partial charge in [0.1, 0.15) is 0 Å². The molecule has 2 amide bonds. The third-order valence-corrected chi connectivity index (χ3v) is 5.40. The molecular formula is C18H19ClN2O2S. The summed E-state index contributed by atoms with van der Waals surface area (Å²) < 4.78 is 0.594. The number of amides is 2. The van der Waals surface area contributed by atoms with Crippen LogP contribution in [-0.2, 0) is 11.3 Å². The van der Waals surface area contributed by atoms with E-state index in [4.69, 9.17) is 11.6 Å². The van der Waals surface area contributed by atoms with Gasteiger partial charge in [-0.2, -0.15) is 0 Å². The second kappa shape index (κ2) is 7.81. The Bertz CT molecular complexity index is 738. The number of benzene rings is 1. The Morgan fingerprint density at radius 2 is 1.96 bits per heavy atom. The molecule has 126 valence electrons. The van der Waals surface area contributed by atoms with Crippen LogP contribution in [-0.4, -0.2) is 11.8 Å². The van der Waals surface area contributed by atoms with Gasteiger partial charge in [0.05, 0.1) is 9.21 Å². The molecule has 1 saturated carbocycles. The van der Waals surface area contributed by atoms with E-state index in [2.05, 4.69) is 10.6 Å². The van der Waals surface area contributed by atoms with Gasteiger partial charge in [-0.25, -0.2) is 0 Å². The lowest BCUT2D eigenvalue weighted by Crippen LogP contribution is -2.22.